The van der Waals surface area contributed by atoms with Crippen molar-refractivity contribution in [2.24, 2.45) is 10.9 Å². The van der Waals surface area contributed by atoms with Gasteiger partial charge >= 0.3 is 12.1 Å². The normalized spacial score (nSPS) is 18.4. The van der Waals surface area contributed by atoms with E-state index < -0.39 is 71.9 Å². The quantitative estimate of drug-likeness (QED) is 0.0645. The number of ether oxygens (including phenoxy) is 5. The minimum atomic E-state index is -1.62. The van der Waals surface area contributed by atoms with Gasteiger partial charge in [0.15, 0.2) is 29.2 Å². The molecule has 0 aliphatic carbocycles. The van der Waals surface area contributed by atoms with Crippen molar-refractivity contribution in [3.8, 4) is 23.0 Å². The summed E-state index contributed by atoms with van der Waals surface area (Å²) in [6.07, 6.45) is 5.36. The van der Waals surface area contributed by atoms with E-state index in [1.165, 1.54) is 50.3 Å². The Balaban J connectivity index is 0.865. The van der Waals surface area contributed by atoms with Gasteiger partial charge in [0.25, 0.3) is 23.6 Å². The van der Waals surface area contributed by atoms with Gasteiger partial charge in [-0.2, -0.15) is 0 Å². The molecule has 438 valence electrons. The number of rotatable bonds is 20. The first-order valence-corrected chi connectivity index (χ1v) is 26.9. The Morgan fingerprint density at radius 1 is 0.702 bits per heavy atom. The Bertz CT molecular complexity index is 3480. The molecule has 9 rings (SSSR count). The summed E-state index contributed by atoms with van der Waals surface area (Å²) >= 11 is 0. The molecule has 0 saturated carbocycles. The van der Waals surface area contributed by atoms with Gasteiger partial charge in [-0.1, -0.05) is 37.1 Å². The van der Waals surface area contributed by atoms with Crippen molar-refractivity contribution < 1.29 is 77.0 Å². The van der Waals surface area contributed by atoms with Crippen molar-refractivity contribution in [3.05, 3.63) is 136 Å². The highest BCUT2D eigenvalue weighted by Crippen LogP contribution is 2.43. The molecule has 0 radical (unpaired) electrons. The van der Waals surface area contributed by atoms with Gasteiger partial charge in [0.2, 0.25) is 17.7 Å². The van der Waals surface area contributed by atoms with E-state index in [0.717, 1.165) is 33.1 Å². The van der Waals surface area contributed by atoms with E-state index >= 15 is 0 Å². The first-order chi connectivity index (χ1) is 40.1. The zero-order chi connectivity index (χ0) is 60.3. The molecule has 24 nitrogen and oxygen atoms in total. The van der Waals surface area contributed by atoms with Gasteiger partial charge in [-0.25, -0.2) is 14.5 Å². The average molecular weight is 1150 g/mol. The standard InChI is InChI=1S/C60H62N8O16/c1-31(2)53(64-50(69)14-15-65-51(70)12-13-52(65)71)55(73)62-34(5)54(72)63-39-10-8-35(9-11-39)28-84-60(79)68-44-24-49(47(81-7)22-42(44)57(75)67-27-33(4)17-45(67)58(68)76)83-30-37-18-36(19-38(20-37)59(77)78)29-82-48-23-43-41(21-46(48)80-6)56(74)66-26-32(3)16-40(66)25-61-43/h8-13,18-27,31,34,40,45,53,58,76H,14-17,28-30H2,1-7H3,(H,62,73)(H,63,72)(H,64,69)(H,77,78)/t34?,40-,45-,53?,58-/m0/s1. The molecule has 0 fully saturated rings. The minimum absolute atomic E-state index is 0.0233. The molecule has 0 spiro atoms. The number of carbonyl (C=O) groups excluding carboxylic acids is 8. The number of amides is 8. The number of anilines is 2. The first kappa shape index (κ1) is 58.8. The summed E-state index contributed by atoms with van der Waals surface area (Å²) in [6.45, 7) is 7.74. The number of methoxy groups -OCH3 is 2. The van der Waals surface area contributed by atoms with Crippen LogP contribution in [0.15, 0.2) is 107 Å². The monoisotopic (exact) mass is 1150 g/mol. The SMILES string of the molecule is COc1cc2c(cc1OCc1cc(COc3cc4c(cc3OC)C(=O)N3C=C(C)C[C@H]3[C@H](O)N4C(=O)OCc3ccc(NC(=O)C(C)NC(=O)C(NC(=O)CCN4C(=O)C=CC4=O)C(C)C)cc3)cc(C(=O)O)c1)N=C[C@@H]1CC(C)=CN1C2=O. The molecular formula is C60H62N8O16. The summed E-state index contributed by atoms with van der Waals surface area (Å²) in [5, 5.41) is 30.1. The zero-order valence-electron chi connectivity index (χ0n) is 47.0. The van der Waals surface area contributed by atoms with Crippen LogP contribution in [-0.2, 0) is 48.5 Å². The topological polar surface area (TPSA) is 302 Å². The third-order valence-electron chi connectivity index (χ3n) is 14.6. The smallest absolute Gasteiger partial charge is 0.416 e. The molecule has 2 unspecified atom stereocenters. The molecule has 0 aromatic heterocycles. The first-order valence-electron chi connectivity index (χ1n) is 26.9. The Morgan fingerprint density at radius 3 is 1.94 bits per heavy atom. The predicted octanol–water partition coefficient (Wildman–Crippen LogP) is 5.89. The second kappa shape index (κ2) is 24.7. The average Bonchev–Trinajstić information content (AvgIpc) is 1.81. The summed E-state index contributed by atoms with van der Waals surface area (Å²) in [5.74, 6) is -4.61. The number of aromatic carboxylic acids is 1. The van der Waals surface area contributed by atoms with E-state index in [1.807, 2.05) is 13.1 Å². The van der Waals surface area contributed by atoms with E-state index in [2.05, 4.69) is 20.9 Å². The van der Waals surface area contributed by atoms with Crippen molar-refractivity contribution in [3.63, 3.8) is 0 Å². The number of fused-ring (bicyclic) bond motifs is 4. The predicted molar refractivity (Wildman–Crippen MR) is 301 cm³/mol. The fourth-order valence-corrected chi connectivity index (χ4v) is 10.2. The highest BCUT2D eigenvalue weighted by Gasteiger charge is 2.45. The van der Waals surface area contributed by atoms with Gasteiger partial charge < -0.3 is 59.6 Å². The van der Waals surface area contributed by atoms with Crippen molar-refractivity contribution >= 4 is 76.7 Å². The van der Waals surface area contributed by atoms with Crippen molar-refractivity contribution in [2.75, 3.05) is 31.0 Å². The van der Waals surface area contributed by atoms with Gasteiger partial charge in [-0.3, -0.25) is 43.5 Å². The molecule has 4 aromatic rings. The lowest BCUT2D eigenvalue weighted by atomic mass is 10.0. The summed E-state index contributed by atoms with van der Waals surface area (Å²) < 4.78 is 29.6. The lowest BCUT2D eigenvalue weighted by Gasteiger charge is -2.31. The van der Waals surface area contributed by atoms with Gasteiger partial charge in [0, 0.05) is 61.6 Å². The second-order valence-corrected chi connectivity index (χ2v) is 21.1. The number of hydrogen-bond acceptors (Lipinski definition) is 16. The van der Waals surface area contributed by atoms with Crippen LogP contribution in [0.5, 0.6) is 23.0 Å². The van der Waals surface area contributed by atoms with Crippen LogP contribution in [0.25, 0.3) is 0 Å². The molecule has 5 aliphatic heterocycles. The maximum absolute atomic E-state index is 14.3. The summed E-state index contributed by atoms with van der Waals surface area (Å²) in [6, 6.07) is 13.5. The summed E-state index contributed by atoms with van der Waals surface area (Å²) in [4.78, 5) is 127. The van der Waals surface area contributed by atoms with Crippen molar-refractivity contribution in [1.82, 2.24) is 25.3 Å². The molecular weight excluding hydrogens is 1090 g/mol. The zero-order valence-corrected chi connectivity index (χ0v) is 47.0. The third kappa shape index (κ3) is 12.6. The fraction of sp³-hybridized carbons (Fsp3) is 0.333. The molecule has 5 atom stereocenters. The molecule has 8 amide bonds. The third-order valence-corrected chi connectivity index (χ3v) is 14.6. The Labute approximate surface area is 482 Å². The van der Waals surface area contributed by atoms with E-state index in [4.69, 9.17) is 23.7 Å². The summed E-state index contributed by atoms with van der Waals surface area (Å²) in [5.41, 5.74) is 4.00. The number of hydrogen-bond donors (Lipinski definition) is 5. The number of carboxylic acids is 1. The van der Waals surface area contributed by atoms with E-state index in [9.17, 15) is 53.4 Å². The van der Waals surface area contributed by atoms with E-state index in [0.29, 0.717) is 40.0 Å². The van der Waals surface area contributed by atoms with Crippen molar-refractivity contribution in [1.29, 1.82) is 0 Å². The summed E-state index contributed by atoms with van der Waals surface area (Å²) in [7, 11) is 2.80. The van der Waals surface area contributed by atoms with Crippen molar-refractivity contribution in [2.45, 2.75) is 104 Å². The number of nitrogens with one attached hydrogen (secondary N) is 3. The number of aliphatic hydroxyl groups is 1. The van der Waals surface area contributed by atoms with Crippen LogP contribution < -0.4 is 39.8 Å². The number of carbonyl (C=O) groups is 9. The number of nitrogens with zero attached hydrogens (tertiary/aromatic N) is 5. The molecule has 5 heterocycles. The maximum atomic E-state index is 14.3. The van der Waals surface area contributed by atoms with Gasteiger partial charge in [-0.15, -0.1) is 0 Å². The lowest BCUT2D eigenvalue weighted by Crippen LogP contribution is -2.54. The van der Waals surface area contributed by atoms with Crippen LogP contribution >= 0.6 is 0 Å². The Kier molecular flexibility index (Phi) is 17.3. The van der Waals surface area contributed by atoms with Crippen LogP contribution in [0.1, 0.15) is 102 Å². The molecule has 0 bridgehead atoms. The highest BCUT2D eigenvalue weighted by atomic mass is 16.6. The minimum Gasteiger partial charge on any atom is -0.493 e. The van der Waals surface area contributed by atoms with Crippen LogP contribution in [0.4, 0.5) is 21.9 Å². The second-order valence-electron chi connectivity index (χ2n) is 21.1. The fourth-order valence-electron chi connectivity index (χ4n) is 10.2. The van der Waals surface area contributed by atoms with Gasteiger partial charge in [0.05, 0.1) is 54.4 Å². The molecule has 4 aromatic carbocycles. The van der Waals surface area contributed by atoms with Crippen LogP contribution in [0.3, 0.4) is 0 Å². The Hall–Kier alpha value is -9.84. The largest absolute Gasteiger partial charge is 0.493 e. The molecule has 5 aliphatic rings. The maximum Gasteiger partial charge on any atom is 0.416 e. The lowest BCUT2D eigenvalue weighted by molar-refractivity contribution is -0.137. The highest BCUT2D eigenvalue weighted by molar-refractivity contribution is 6.13. The van der Waals surface area contributed by atoms with Gasteiger partial charge in [-0.05, 0) is 98.7 Å². The number of benzene rings is 4. The molecule has 84 heavy (non-hydrogen) atoms. The number of aliphatic imine (C=N–C) groups is 1. The van der Waals surface area contributed by atoms with E-state index in [1.54, 1.807) is 80.6 Å². The molecule has 5 N–H and O–H groups in total. The van der Waals surface area contributed by atoms with Gasteiger partial charge in [0.1, 0.15) is 31.9 Å². The number of aliphatic hydroxyl groups excluding tert-OH is 1. The Morgan fingerprint density at radius 2 is 1.31 bits per heavy atom. The van der Waals surface area contributed by atoms with E-state index in [-0.39, 0.29) is 96.9 Å². The van der Waals surface area contributed by atoms with Crippen LogP contribution in [-0.4, -0.2) is 136 Å². The molecule has 0 saturated heterocycles. The number of imide groups is 1. The number of carboxylic acid groups (broad SMARTS) is 1. The van der Waals surface area contributed by atoms with Crippen LogP contribution in [0, 0.1) is 5.92 Å². The van der Waals surface area contributed by atoms with Crippen LogP contribution in [0.2, 0.25) is 0 Å². The molecule has 24 heteroatoms.